The van der Waals surface area contributed by atoms with Gasteiger partial charge in [-0.3, -0.25) is 0 Å². The molecule has 2 nitrogen and oxygen atoms in total. The van der Waals surface area contributed by atoms with Gasteiger partial charge in [0.15, 0.2) is 0 Å². The molecule has 6 heteroatoms. The van der Waals surface area contributed by atoms with Crippen LogP contribution >= 0.6 is 46.6 Å². The Kier molecular flexibility index (Phi) is 6.08. The Morgan fingerprint density at radius 1 is 1.05 bits per heavy atom. The number of benzene rings is 2. The number of ether oxygens (including phenoxy) is 1. The number of hydrogen-bond acceptors (Lipinski definition) is 3. The van der Waals surface area contributed by atoms with Crippen LogP contribution in [0, 0.1) is 0 Å². The van der Waals surface area contributed by atoms with Gasteiger partial charge in [0.25, 0.3) is 0 Å². The van der Waals surface area contributed by atoms with Crippen molar-refractivity contribution in [2.45, 2.75) is 18.4 Å². The van der Waals surface area contributed by atoms with Crippen LogP contribution in [0.3, 0.4) is 0 Å². The van der Waals surface area contributed by atoms with Gasteiger partial charge in [-0.2, -0.15) is 0 Å². The molecule has 0 saturated carbocycles. The Morgan fingerprint density at radius 2 is 1.76 bits per heavy atom. The van der Waals surface area contributed by atoms with Gasteiger partial charge >= 0.3 is 0 Å². The zero-order valence-electron chi connectivity index (χ0n) is 11.3. The van der Waals surface area contributed by atoms with Crippen molar-refractivity contribution in [3.63, 3.8) is 0 Å². The van der Waals surface area contributed by atoms with E-state index in [1.807, 2.05) is 18.2 Å². The molecule has 21 heavy (non-hydrogen) atoms. The van der Waals surface area contributed by atoms with Crippen molar-refractivity contribution in [2.24, 2.45) is 5.73 Å². The first-order chi connectivity index (χ1) is 10.1. The highest BCUT2D eigenvalue weighted by atomic mass is 35.5. The second-order valence-corrected chi connectivity index (χ2v) is 6.70. The highest BCUT2D eigenvalue weighted by molar-refractivity contribution is 7.99. The van der Waals surface area contributed by atoms with Crippen LogP contribution in [0.1, 0.15) is 12.5 Å². The average molecular weight is 363 g/mol. The maximum Gasteiger partial charge on any atom is 0.147 e. The average Bonchev–Trinajstić information content (AvgIpc) is 2.45. The molecular formula is C15H14Cl3NOS. The molecule has 0 radical (unpaired) electrons. The van der Waals surface area contributed by atoms with E-state index >= 15 is 0 Å². The fourth-order valence-corrected chi connectivity index (χ4v) is 3.25. The molecule has 0 spiro atoms. The van der Waals surface area contributed by atoms with E-state index in [1.165, 1.54) is 0 Å². The summed E-state index contributed by atoms with van der Waals surface area (Å²) in [7, 11) is 0. The van der Waals surface area contributed by atoms with Crippen LogP contribution in [-0.2, 0) is 6.54 Å². The van der Waals surface area contributed by atoms with Crippen LogP contribution in [0.15, 0.2) is 35.2 Å². The third kappa shape index (κ3) is 3.99. The molecule has 0 heterocycles. The molecule has 112 valence electrons. The Morgan fingerprint density at radius 3 is 2.43 bits per heavy atom. The third-order valence-electron chi connectivity index (χ3n) is 2.79. The lowest BCUT2D eigenvalue weighted by molar-refractivity contribution is 0.474. The van der Waals surface area contributed by atoms with Crippen LogP contribution < -0.4 is 10.5 Å². The summed E-state index contributed by atoms with van der Waals surface area (Å²) in [6.07, 6.45) is 0. The van der Waals surface area contributed by atoms with Crippen molar-refractivity contribution in [1.29, 1.82) is 0 Å². The lowest BCUT2D eigenvalue weighted by Crippen LogP contribution is -2.02. The molecule has 0 amide bonds. The van der Waals surface area contributed by atoms with Crippen molar-refractivity contribution in [2.75, 3.05) is 5.75 Å². The predicted molar refractivity (Wildman–Crippen MR) is 92.3 cm³/mol. The van der Waals surface area contributed by atoms with Gasteiger partial charge in [0.05, 0.1) is 15.1 Å². The van der Waals surface area contributed by atoms with Crippen LogP contribution in [0.25, 0.3) is 0 Å². The number of hydrogen-bond donors (Lipinski definition) is 1. The number of thioether (sulfide) groups is 1. The summed E-state index contributed by atoms with van der Waals surface area (Å²) in [6.45, 7) is 2.48. The number of halogens is 3. The number of nitrogens with two attached hydrogens (primary N) is 1. The second kappa shape index (κ2) is 7.61. The summed E-state index contributed by atoms with van der Waals surface area (Å²) >= 11 is 19.8. The maximum absolute atomic E-state index is 6.14. The first-order valence-electron chi connectivity index (χ1n) is 6.34. The summed E-state index contributed by atoms with van der Waals surface area (Å²) < 4.78 is 5.89. The van der Waals surface area contributed by atoms with Gasteiger partial charge in [0.1, 0.15) is 11.5 Å². The quantitative estimate of drug-likeness (QED) is 0.522. The zero-order chi connectivity index (χ0) is 15.4. The van der Waals surface area contributed by atoms with Gasteiger partial charge in [-0.15, -0.1) is 11.8 Å². The number of rotatable bonds is 5. The Balaban J connectivity index is 2.40. The molecule has 0 aliphatic heterocycles. The molecule has 0 fully saturated rings. The molecular weight excluding hydrogens is 349 g/mol. The molecule has 0 aliphatic carbocycles. The van der Waals surface area contributed by atoms with E-state index in [1.54, 1.807) is 23.9 Å². The Labute approximate surface area is 143 Å². The van der Waals surface area contributed by atoms with Crippen LogP contribution in [0.4, 0.5) is 0 Å². The van der Waals surface area contributed by atoms with E-state index < -0.39 is 0 Å². The van der Waals surface area contributed by atoms with Crippen LogP contribution in [0.5, 0.6) is 11.5 Å². The molecule has 0 aromatic heterocycles. The largest absolute Gasteiger partial charge is 0.455 e. The Bertz CT molecular complexity index is 649. The van der Waals surface area contributed by atoms with Gasteiger partial charge in [-0.1, -0.05) is 47.8 Å². The summed E-state index contributed by atoms with van der Waals surface area (Å²) in [5.74, 6) is 2.10. The van der Waals surface area contributed by atoms with Crippen LogP contribution in [0.2, 0.25) is 15.1 Å². The molecule has 0 bridgehead atoms. The molecule has 0 unspecified atom stereocenters. The van der Waals surface area contributed by atoms with Crippen molar-refractivity contribution < 1.29 is 4.74 Å². The van der Waals surface area contributed by atoms with Gasteiger partial charge in [-0.05, 0) is 24.0 Å². The van der Waals surface area contributed by atoms with Gasteiger partial charge < -0.3 is 10.5 Å². The fourth-order valence-electron chi connectivity index (χ4n) is 1.83. The predicted octanol–water partition coefficient (Wildman–Crippen LogP) is 6.01. The minimum Gasteiger partial charge on any atom is -0.455 e. The van der Waals surface area contributed by atoms with E-state index in [0.29, 0.717) is 33.1 Å². The molecule has 2 rings (SSSR count). The van der Waals surface area contributed by atoms with Crippen molar-refractivity contribution in [3.05, 3.63) is 51.0 Å². The molecule has 2 aromatic rings. The van der Waals surface area contributed by atoms with Gasteiger partial charge in [-0.25, -0.2) is 0 Å². The lowest BCUT2D eigenvalue weighted by atomic mass is 10.2. The van der Waals surface area contributed by atoms with Gasteiger partial charge in [0.2, 0.25) is 0 Å². The highest BCUT2D eigenvalue weighted by Gasteiger charge is 2.12. The smallest absolute Gasteiger partial charge is 0.147 e. The third-order valence-corrected chi connectivity index (χ3v) is 4.79. The Hall–Kier alpha value is -0.580. The normalized spacial score (nSPS) is 10.7. The molecule has 2 N–H and O–H groups in total. The summed E-state index contributed by atoms with van der Waals surface area (Å²) in [6, 6.07) is 8.98. The minimum atomic E-state index is 0.386. The zero-order valence-corrected chi connectivity index (χ0v) is 14.4. The lowest BCUT2D eigenvalue weighted by Gasteiger charge is -2.15. The summed E-state index contributed by atoms with van der Waals surface area (Å²) in [5.41, 5.74) is 6.80. The topological polar surface area (TPSA) is 35.2 Å². The summed E-state index contributed by atoms with van der Waals surface area (Å²) in [5, 5.41) is 1.19. The molecule has 0 atom stereocenters. The van der Waals surface area contributed by atoms with Crippen molar-refractivity contribution in [3.8, 4) is 11.5 Å². The molecule has 0 aliphatic rings. The minimum absolute atomic E-state index is 0.386. The van der Waals surface area contributed by atoms with E-state index in [-0.39, 0.29) is 0 Å². The second-order valence-electron chi connectivity index (χ2n) is 4.17. The van der Waals surface area contributed by atoms with E-state index in [9.17, 15) is 0 Å². The van der Waals surface area contributed by atoms with Crippen molar-refractivity contribution in [1.82, 2.24) is 0 Å². The first-order valence-corrected chi connectivity index (χ1v) is 8.46. The monoisotopic (exact) mass is 361 g/mol. The highest BCUT2D eigenvalue weighted by Crippen LogP contribution is 2.38. The SMILES string of the molecule is CCSc1cccc(Oc2cc(Cl)c(Cl)cc2Cl)c1CN. The summed E-state index contributed by atoms with van der Waals surface area (Å²) in [4.78, 5) is 1.11. The maximum atomic E-state index is 6.14. The standard InChI is InChI=1S/C15H14Cl3NOS/c1-2-21-15-5-3-4-13(9(15)8-19)20-14-7-11(17)10(16)6-12(14)18/h3-7H,2,8,19H2,1H3. The first kappa shape index (κ1) is 16.8. The van der Waals surface area contributed by atoms with E-state index in [4.69, 9.17) is 45.3 Å². The molecule has 2 aromatic carbocycles. The van der Waals surface area contributed by atoms with E-state index in [2.05, 4.69) is 6.92 Å². The molecule has 0 saturated heterocycles. The fraction of sp³-hybridized carbons (Fsp3) is 0.200. The van der Waals surface area contributed by atoms with Crippen molar-refractivity contribution >= 4 is 46.6 Å². The van der Waals surface area contributed by atoms with E-state index in [0.717, 1.165) is 16.2 Å². The van der Waals surface area contributed by atoms with Gasteiger partial charge in [0, 0.05) is 23.1 Å². The van der Waals surface area contributed by atoms with Crippen LogP contribution in [-0.4, -0.2) is 5.75 Å².